The summed E-state index contributed by atoms with van der Waals surface area (Å²) in [6, 6.07) is 18.2. The van der Waals surface area contributed by atoms with Crippen molar-refractivity contribution in [2.24, 2.45) is 14.1 Å². The van der Waals surface area contributed by atoms with Crippen molar-refractivity contribution in [2.45, 2.75) is 59.0 Å². The van der Waals surface area contributed by atoms with Crippen molar-refractivity contribution in [3.63, 3.8) is 0 Å². The van der Waals surface area contributed by atoms with Crippen LogP contribution in [0.15, 0.2) is 60.8 Å². The van der Waals surface area contributed by atoms with Crippen LogP contribution in [0.25, 0.3) is 32.9 Å². The second-order valence-corrected chi connectivity index (χ2v) is 13.6. The van der Waals surface area contributed by atoms with Gasteiger partial charge in [0.05, 0.1) is 29.5 Å². The molecule has 3 aromatic carbocycles. The minimum Gasteiger partial charge on any atom is -0.494 e. The number of hydrogen-bond donors (Lipinski definition) is 0. The van der Waals surface area contributed by atoms with Crippen LogP contribution in [0.5, 0.6) is 5.75 Å². The highest BCUT2D eigenvalue weighted by molar-refractivity contribution is 6.32. The second kappa shape index (κ2) is 11.8. The third-order valence-corrected chi connectivity index (χ3v) is 10.9. The number of hydrogen-bond acceptors (Lipinski definition) is 3. The lowest BCUT2D eigenvalue weighted by molar-refractivity contribution is 0.0951. The van der Waals surface area contributed by atoms with Crippen molar-refractivity contribution in [2.75, 3.05) is 11.5 Å². The average Bonchev–Trinajstić information content (AvgIpc) is 3.65. The van der Waals surface area contributed by atoms with Gasteiger partial charge in [-0.05, 0) is 82.3 Å². The highest BCUT2D eigenvalue weighted by Gasteiger charge is 2.42. The highest BCUT2D eigenvalue weighted by Crippen LogP contribution is 2.45. The molecule has 2 atom stereocenters. The number of nitrogens with zero attached hydrogens (tertiary/aromatic N) is 5. The number of rotatable bonds is 7. The molecule has 1 amide bonds. The molecule has 9 heteroatoms. The SMILES string of the molecule is Cc1cc(OCCCc2c3n(c4c(-c5c(C)nn(C)c5C)cccc24)C(C)[C@@H](Cl)N(c2cn(C)c4ccccc24)C3=O)cc(C)c1Cl. The number of para-hydroxylation sites is 2. The maximum atomic E-state index is 14.9. The van der Waals surface area contributed by atoms with E-state index >= 15 is 0 Å². The van der Waals surface area contributed by atoms with Gasteiger partial charge in [0.25, 0.3) is 5.91 Å². The van der Waals surface area contributed by atoms with Gasteiger partial charge in [-0.2, -0.15) is 5.10 Å². The van der Waals surface area contributed by atoms with Gasteiger partial charge in [-0.1, -0.05) is 59.6 Å². The van der Waals surface area contributed by atoms with E-state index in [2.05, 4.69) is 53.3 Å². The number of ether oxygens (including phenoxy) is 1. The van der Waals surface area contributed by atoms with Gasteiger partial charge in [0.1, 0.15) is 16.9 Å². The van der Waals surface area contributed by atoms with Crippen LogP contribution < -0.4 is 9.64 Å². The van der Waals surface area contributed by atoms with Crippen LogP contribution in [0.4, 0.5) is 5.69 Å². The van der Waals surface area contributed by atoms with E-state index in [0.29, 0.717) is 18.7 Å². The summed E-state index contributed by atoms with van der Waals surface area (Å²) in [6.07, 6.45) is 3.40. The number of fused-ring (bicyclic) bond motifs is 4. The van der Waals surface area contributed by atoms with Crippen LogP contribution in [0.2, 0.25) is 5.02 Å². The first-order chi connectivity index (χ1) is 22.5. The highest BCUT2D eigenvalue weighted by atomic mass is 35.5. The molecule has 1 aliphatic heterocycles. The number of aryl methyl sites for hydroxylation is 6. The molecule has 242 valence electrons. The molecule has 3 aromatic heterocycles. The van der Waals surface area contributed by atoms with Crippen LogP contribution in [0, 0.1) is 27.7 Å². The van der Waals surface area contributed by atoms with Gasteiger partial charge in [0.15, 0.2) is 0 Å². The standard InChI is InChI=1S/C38H39Cl2N5O2/c1-21-18-26(19-22(2)34(21)39)47-17-11-15-28-27-13-10-14-30(33-23(3)41-43(7)24(33)4)35(27)44-25(5)37(40)45(38(46)36(28)44)32-20-42(6)31-16-9-8-12-29(31)32/h8-10,12-14,16,18-20,25,37H,11,15,17H2,1-7H3/t25?,37-/m0/s1. The minimum absolute atomic E-state index is 0.0962. The first kappa shape index (κ1) is 31.4. The Kier molecular flexibility index (Phi) is 7.88. The molecular formula is C38H39Cl2N5O2. The molecule has 1 unspecified atom stereocenters. The van der Waals surface area contributed by atoms with Gasteiger partial charge in [-0.3, -0.25) is 14.4 Å². The summed E-state index contributed by atoms with van der Waals surface area (Å²) in [4.78, 5) is 16.7. The van der Waals surface area contributed by atoms with Gasteiger partial charge in [-0.15, -0.1) is 0 Å². The maximum Gasteiger partial charge on any atom is 0.276 e. The van der Waals surface area contributed by atoms with Crippen LogP contribution >= 0.6 is 23.2 Å². The van der Waals surface area contributed by atoms with E-state index in [4.69, 9.17) is 33.0 Å². The third-order valence-electron chi connectivity index (χ3n) is 9.77. The molecule has 0 spiro atoms. The molecule has 7 rings (SSSR count). The monoisotopic (exact) mass is 667 g/mol. The Morgan fingerprint density at radius 2 is 1.66 bits per heavy atom. The lowest BCUT2D eigenvalue weighted by Gasteiger charge is -2.38. The molecule has 0 saturated heterocycles. The number of carbonyl (C=O) groups excluding carboxylic acids is 1. The molecule has 0 saturated carbocycles. The average molecular weight is 669 g/mol. The number of carbonyl (C=O) groups is 1. The fourth-order valence-corrected chi connectivity index (χ4v) is 7.85. The molecule has 47 heavy (non-hydrogen) atoms. The van der Waals surface area contributed by atoms with Crippen molar-refractivity contribution in [1.82, 2.24) is 18.9 Å². The lowest BCUT2D eigenvalue weighted by Crippen LogP contribution is -2.47. The summed E-state index contributed by atoms with van der Waals surface area (Å²) in [5, 5.41) is 7.55. The predicted molar refractivity (Wildman–Crippen MR) is 192 cm³/mol. The zero-order valence-electron chi connectivity index (χ0n) is 27.9. The number of halogens is 2. The van der Waals surface area contributed by atoms with Gasteiger partial charge >= 0.3 is 0 Å². The van der Waals surface area contributed by atoms with Gasteiger partial charge < -0.3 is 13.9 Å². The van der Waals surface area contributed by atoms with Crippen LogP contribution in [0.1, 0.15) is 58.0 Å². The summed E-state index contributed by atoms with van der Waals surface area (Å²) in [6.45, 7) is 10.7. The minimum atomic E-state index is -0.604. The van der Waals surface area contributed by atoms with Crippen molar-refractivity contribution < 1.29 is 9.53 Å². The Morgan fingerprint density at radius 1 is 0.957 bits per heavy atom. The Morgan fingerprint density at radius 3 is 2.36 bits per heavy atom. The fraction of sp³-hybridized carbons (Fsp3) is 0.316. The van der Waals surface area contributed by atoms with Gasteiger partial charge in [0.2, 0.25) is 0 Å². The zero-order valence-corrected chi connectivity index (χ0v) is 29.4. The van der Waals surface area contributed by atoms with Crippen molar-refractivity contribution in [3.8, 4) is 16.9 Å². The summed E-state index contributed by atoms with van der Waals surface area (Å²) < 4.78 is 12.4. The summed E-state index contributed by atoms with van der Waals surface area (Å²) in [5.74, 6) is 0.705. The second-order valence-electron chi connectivity index (χ2n) is 12.8. The molecule has 0 radical (unpaired) electrons. The Balaban J connectivity index is 1.37. The largest absolute Gasteiger partial charge is 0.494 e. The summed E-state index contributed by atoms with van der Waals surface area (Å²) in [7, 11) is 3.97. The van der Waals surface area contributed by atoms with Crippen LogP contribution in [-0.2, 0) is 20.5 Å². The quantitative estimate of drug-likeness (QED) is 0.0969. The van der Waals surface area contributed by atoms with Crippen molar-refractivity contribution in [3.05, 3.63) is 99.6 Å². The number of alkyl halides is 1. The number of benzene rings is 3. The molecule has 0 aliphatic carbocycles. The molecule has 0 N–H and O–H groups in total. The third kappa shape index (κ3) is 4.94. The fourth-order valence-electron chi connectivity index (χ4n) is 7.44. The van der Waals surface area contributed by atoms with E-state index in [1.807, 2.05) is 70.0 Å². The molecular weight excluding hydrogens is 629 g/mol. The molecule has 0 fully saturated rings. The van der Waals surface area contributed by atoms with Gasteiger partial charge in [-0.25, -0.2) is 0 Å². The van der Waals surface area contributed by atoms with E-state index in [1.165, 1.54) is 0 Å². The Hall–Kier alpha value is -4.20. The number of anilines is 1. The molecule has 4 heterocycles. The van der Waals surface area contributed by atoms with E-state index in [1.54, 1.807) is 4.90 Å². The van der Waals surface area contributed by atoms with Crippen molar-refractivity contribution >= 4 is 56.6 Å². The first-order valence-electron chi connectivity index (χ1n) is 16.1. The van der Waals surface area contributed by atoms with Crippen LogP contribution in [-0.4, -0.2) is 36.9 Å². The maximum absolute atomic E-state index is 14.9. The molecule has 7 nitrogen and oxygen atoms in total. The van der Waals surface area contributed by atoms with E-state index in [-0.39, 0.29) is 11.9 Å². The normalized spacial score (nSPS) is 16.4. The summed E-state index contributed by atoms with van der Waals surface area (Å²) in [5.41, 5.74) is 10.1. The zero-order chi connectivity index (χ0) is 33.3. The van der Waals surface area contributed by atoms with Crippen LogP contribution in [0.3, 0.4) is 0 Å². The smallest absolute Gasteiger partial charge is 0.276 e. The van der Waals surface area contributed by atoms with E-state index in [9.17, 15) is 4.79 Å². The lowest BCUT2D eigenvalue weighted by atomic mass is 9.98. The predicted octanol–water partition coefficient (Wildman–Crippen LogP) is 9.22. The Bertz CT molecular complexity index is 2180. The van der Waals surface area contributed by atoms with E-state index < -0.39 is 5.50 Å². The number of aromatic nitrogens is 4. The van der Waals surface area contributed by atoms with E-state index in [0.717, 1.165) is 83.9 Å². The summed E-state index contributed by atoms with van der Waals surface area (Å²) >= 11 is 13.7. The van der Waals surface area contributed by atoms with Gasteiger partial charge in [0, 0.05) is 58.4 Å². The molecule has 0 bridgehead atoms. The van der Waals surface area contributed by atoms with Crippen molar-refractivity contribution in [1.29, 1.82) is 0 Å². The first-order valence-corrected chi connectivity index (χ1v) is 16.9. The topological polar surface area (TPSA) is 57.2 Å². The molecule has 1 aliphatic rings. The number of amides is 1. The Labute approximate surface area is 285 Å². The molecule has 6 aromatic rings.